The molecule has 0 rings (SSSR count). The zero-order chi connectivity index (χ0) is 25.9. The van der Waals surface area contributed by atoms with Crippen LogP contribution in [0.2, 0.25) is 0 Å². The third-order valence-corrected chi connectivity index (χ3v) is 4.74. The van der Waals surface area contributed by atoms with Crippen LogP contribution >= 0.6 is 0 Å². The number of nitrogens with one attached hydrogen (secondary N) is 3. The summed E-state index contributed by atoms with van der Waals surface area (Å²) >= 11 is 0. The molecule has 0 heterocycles. The molecule has 0 fully saturated rings. The highest BCUT2D eigenvalue weighted by atomic mass is 16.4. The Morgan fingerprint density at radius 1 is 0.636 bits per heavy atom. The van der Waals surface area contributed by atoms with Crippen molar-refractivity contribution in [3.8, 4) is 0 Å². The molecular formula is C22H40N4O7. The highest BCUT2D eigenvalue weighted by molar-refractivity contribution is 5.94. The molecule has 0 saturated heterocycles. The normalized spacial score (nSPS) is 15.0. The van der Waals surface area contributed by atoms with Crippen LogP contribution in [-0.4, -0.2) is 64.0 Å². The fourth-order valence-electron chi connectivity index (χ4n) is 3.22. The van der Waals surface area contributed by atoms with Crippen molar-refractivity contribution in [3.63, 3.8) is 0 Å². The minimum absolute atomic E-state index is 0.0404. The van der Waals surface area contributed by atoms with Crippen molar-refractivity contribution < 1.29 is 34.2 Å². The number of carbonyl (C=O) groups is 5. The lowest BCUT2D eigenvalue weighted by Gasteiger charge is -2.27. The quantitative estimate of drug-likeness (QED) is 0.198. The largest absolute Gasteiger partial charge is 0.481 e. The van der Waals surface area contributed by atoms with Crippen molar-refractivity contribution in [1.29, 1.82) is 0 Å². The average Bonchev–Trinajstić information content (AvgIpc) is 2.64. The van der Waals surface area contributed by atoms with E-state index in [4.69, 9.17) is 10.8 Å². The summed E-state index contributed by atoms with van der Waals surface area (Å²) in [6, 6.07) is -4.46. The average molecular weight is 473 g/mol. The number of carboxylic acids is 2. The van der Waals surface area contributed by atoms with Gasteiger partial charge in [0.15, 0.2) is 0 Å². The predicted molar refractivity (Wildman–Crippen MR) is 122 cm³/mol. The zero-order valence-corrected chi connectivity index (χ0v) is 20.4. The van der Waals surface area contributed by atoms with Crippen molar-refractivity contribution in [2.45, 2.75) is 91.4 Å². The van der Waals surface area contributed by atoms with E-state index in [0.717, 1.165) is 0 Å². The fourth-order valence-corrected chi connectivity index (χ4v) is 3.22. The Morgan fingerprint density at radius 3 is 1.33 bits per heavy atom. The second-order valence-corrected chi connectivity index (χ2v) is 9.61. The molecule has 0 aromatic rings. The minimum Gasteiger partial charge on any atom is -0.481 e. The zero-order valence-electron chi connectivity index (χ0n) is 20.4. The second kappa shape index (κ2) is 14.5. The number of rotatable bonds is 15. The SMILES string of the molecule is CC(C)C[C@H](NC(=O)[C@H](CC(C)C)NC(=O)[C@@H](N)CC(C)C)C(=O)N[C@@H](CC(=O)O)C(=O)O. The molecule has 7 N–H and O–H groups in total. The van der Waals surface area contributed by atoms with Crippen molar-refractivity contribution in [1.82, 2.24) is 16.0 Å². The summed E-state index contributed by atoms with van der Waals surface area (Å²) in [6.45, 7) is 11.2. The Balaban J connectivity index is 5.52. The van der Waals surface area contributed by atoms with Crippen LogP contribution in [0, 0.1) is 17.8 Å². The molecule has 0 unspecified atom stereocenters. The molecule has 11 heteroatoms. The van der Waals surface area contributed by atoms with Gasteiger partial charge in [0.1, 0.15) is 18.1 Å². The van der Waals surface area contributed by atoms with E-state index in [1.165, 1.54) is 0 Å². The van der Waals surface area contributed by atoms with E-state index in [-0.39, 0.29) is 24.2 Å². The molecule has 0 radical (unpaired) electrons. The molecule has 190 valence electrons. The highest BCUT2D eigenvalue weighted by Crippen LogP contribution is 2.10. The first-order valence-electron chi connectivity index (χ1n) is 11.2. The van der Waals surface area contributed by atoms with E-state index in [1.807, 2.05) is 41.5 Å². The standard InChI is InChI=1S/C22H40N4O7/c1-11(2)7-14(23)19(29)24-15(8-12(3)4)20(30)25-16(9-13(5)6)21(31)26-17(22(32)33)10-18(27)28/h11-17H,7-10,23H2,1-6H3,(H,24,29)(H,25,30)(H,26,31)(H,27,28)(H,32,33)/t14-,15-,16-,17-/m0/s1. The van der Waals surface area contributed by atoms with Gasteiger partial charge in [-0.25, -0.2) is 4.79 Å². The van der Waals surface area contributed by atoms with Crippen LogP contribution in [0.4, 0.5) is 0 Å². The van der Waals surface area contributed by atoms with Crippen molar-refractivity contribution in [3.05, 3.63) is 0 Å². The molecule has 33 heavy (non-hydrogen) atoms. The number of aliphatic carboxylic acids is 2. The number of carbonyl (C=O) groups excluding carboxylic acids is 3. The van der Waals surface area contributed by atoms with Crippen molar-refractivity contribution in [2.24, 2.45) is 23.5 Å². The molecule has 0 aliphatic carbocycles. The smallest absolute Gasteiger partial charge is 0.326 e. The van der Waals surface area contributed by atoms with E-state index in [9.17, 15) is 29.1 Å². The molecule has 3 amide bonds. The van der Waals surface area contributed by atoms with E-state index < -0.39 is 60.2 Å². The van der Waals surface area contributed by atoms with E-state index in [0.29, 0.717) is 12.8 Å². The van der Waals surface area contributed by atoms with Crippen LogP contribution in [0.15, 0.2) is 0 Å². The Bertz CT molecular complexity index is 694. The second-order valence-electron chi connectivity index (χ2n) is 9.61. The Labute approximate surface area is 195 Å². The van der Waals surface area contributed by atoms with Gasteiger partial charge < -0.3 is 31.9 Å². The maximum Gasteiger partial charge on any atom is 0.326 e. The Kier molecular flexibility index (Phi) is 13.3. The van der Waals surface area contributed by atoms with Gasteiger partial charge in [0.05, 0.1) is 12.5 Å². The molecular weight excluding hydrogens is 432 g/mol. The van der Waals surface area contributed by atoms with Crippen LogP contribution in [-0.2, 0) is 24.0 Å². The minimum atomic E-state index is -1.64. The fraction of sp³-hybridized carbons (Fsp3) is 0.773. The summed E-state index contributed by atoms with van der Waals surface area (Å²) in [7, 11) is 0. The third-order valence-electron chi connectivity index (χ3n) is 4.74. The third kappa shape index (κ3) is 12.8. The molecule has 0 aliphatic rings. The van der Waals surface area contributed by atoms with Gasteiger partial charge >= 0.3 is 11.9 Å². The van der Waals surface area contributed by atoms with Gasteiger partial charge in [0.2, 0.25) is 17.7 Å². The number of carboxylic acid groups (broad SMARTS) is 2. The predicted octanol–water partition coefficient (Wildman–Crippen LogP) is 0.466. The summed E-state index contributed by atoms with van der Waals surface area (Å²) in [4.78, 5) is 60.4. The molecule has 0 aromatic carbocycles. The molecule has 0 bridgehead atoms. The highest BCUT2D eigenvalue weighted by Gasteiger charge is 2.31. The van der Waals surface area contributed by atoms with Crippen LogP contribution in [0.3, 0.4) is 0 Å². The Hall–Kier alpha value is -2.69. The molecule has 11 nitrogen and oxygen atoms in total. The van der Waals surface area contributed by atoms with Gasteiger partial charge in [-0.15, -0.1) is 0 Å². The van der Waals surface area contributed by atoms with Crippen molar-refractivity contribution in [2.75, 3.05) is 0 Å². The number of nitrogens with two attached hydrogens (primary N) is 1. The number of hydrogen-bond acceptors (Lipinski definition) is 6. The maximum atomic E-state index is 13.0. The van der Waals surface area contributed by atoms with E-state index in [2.05, 4.69) is 16.0 Å². The van der Waals surface area contributed by atoms with E-state index >= 15 is 0 Å². The van der Waals surface area contributed by atoms with Gasteiger partial charge in [-0.2, -0.15) is 0 Å². The topological polar surface area (TPSA) is 188 Å². The van der Waals surface area contributed by atoms with Gasteiger partial charge in [0, 0.05) is 0 Å². The molecule has 4 atom stereocenters. The molecule has 0 aliphatic heterocycles. The molecule has 0 spiro atoms. The van der Waals surface area contributed by atoms with Crippen LogP contribution < -0.4 is 21.7 Å². The first kappa shape index (κ1) is 30.3. The summed E-state index contributed by atoms with van der Waals surface area (Å²) in [5.41, 5.74) is 5.92. The van der Waals surface area contributed by atoms with Gasteiger partial charge in [-0.05, 0) is 37.0 Å². The summed E-state index contributed by atoms with van der Waals surface area (Å²) in [5, 5.41) is 25.5. The van der Waals surface area contributed by atoms with Gasteiger partial charge in [0.25, 0.3) is 0 Å². The van der Waals surface area contributed by atoms with Crippen molar-refractivity contribution >= 4 is 29.7 Å². The summed E-state index contributed by atoms with van der Waals surface area (Å²) in [6.07, 6.45) is 0.133. The molecule has 0 aromatic heterocycles. The first-order valence-corrected chi connectivity index (χ1v) is 11.2. The van der Waals surface area contributed by atoms with Crippen LogP contribution in [0.25, 0.3) is 0 Å². The summed E-state index contributed by atoms with van der Waals surface area (Å²) in [5.74, 6) is -4.56. The first-order chi connectivity index (χ1) is 15.1. The van der Waals surface area contributed by atoms with Gasteiger partial charge in [-0.1, -0.05) is 41.5 Å². The lowest BCUT2D eigenvalue weighted by Crippen LogP contribution is -2.57. The van der Waals surface area contributed by atoms with Gasteiger partial charge in [-0.3, -0.25) is 19.2 Å². The summed E-state index contributed by atoms with van der Waals surface area (Å²) < 4.78 is 0. The lowest BCUT2D eigenvalue weighted by atomic mass is 9.99. The monoisotopic (exact) mass is 472 g/mol. The van der Waals surface area contributed by atoms with Crippen LogP contribution in [0.1, 0.15) is 67.2 Å². The number of hydrogen-bond donors (Lipinski definition) is 6. The maximum absolute atomic E-state index is 13.0. The van der Waals surface area contributed by atoms with Crippen LogP contribution in [0.5, 0.6) is 0 Å². The lowest BCUT2D eigenvalue weighted by molar-refractivity contribution is -0.147. The van der Waals surface area contributed by atoms with E-state index in [1.54, 1.807) is 0 Å². The Morgan fingerprint density at radius 2 is 1.00 bits per heavy atom. The molecule has 0 saturated carbocycles. The number of amides is 3.